The Kier molecular flexibility index (Phi) is 22.7. The number of hydrogen-bond acceptors (Lipinski definition) is 9. The maximum atomic E-state index is 12.3. The lowest BCUT2D eigenvalue weighted by atomic mass is 9.86. The molecule has 13 heteroatoms. The minimum Gasteiger partial charge on any atom is -0.480 e. The first-order valence-corrected chi connectivity index (χ1v) is 16.9. The zero-order chi connectivity index (χ0) is 35.6. The molecule has 4 N–H and O–H groups in total. The Morgan fingerprint density at radius 3 is 1.88 bits per heavy atom. The lowest BCUT2D eigenvalue weighted by Crippen LogP contribution is -2.41. The number of aliphatic carboxylic acids is 1. The van der Waals surface area contributed by atoms with Crippen LogP contribution in [0.3, 0.4) is 0 Å². The second-order valence-electron chi connectivity index (χ2n) is 12.5. The molecule has 13 nitrogen and oxygen atoms in total. The van der Waals surface area contributed by atoms with Crippen LogP contribution in [0.5, 0.6) is 0 Å². The highest BCUT2D eigenvalue weighted by molar-refractivity contribution is 5.84. The Labute approximate surface area is 285 Å². The van der Waals surface area contributed by atoms with Gasteiger partial charge in [0.05, 0.1) is 33.0 Å². The third kappa shape index (κ3) is 22.2. The number of hydrogen-bond donors (Lipinski definition) is 4. The quantitative estimate of drug-likeness (QED) is 0.0963. The van der Waals surface area contributed by atoms with Crippen LogP contribution >= 0.6 is 0 Å². The van der Waals surface area contributed by atoms with E-state index in [4.69, 9.17) is 18.9 Å². The fourth-order valence-corrected chi connectivity index (χ4v) is 4.35. The molecular weight excluding hydrogens is 622 g/mol. The third-order valence-electron chi connectivity index (χ3n) is 7.13. The van der Waals surface area contributed by atoms with Crippen LogP contribution in [0, 0.1) is 0 Å². The summed E-state index contributed by atoms with van der Waals surface area (Å²) < 4.78 is 21.2. The minimum absolute atomic E-state index is 0.00783. The Morgan fingerprint density at radius 2 is 1.29 bits per heavy atom. The van der Waals surface area contributed by atoms with Crippen molar-refractivity contribution in [2.75, 3.05) is 65.9 Å². The summed E-state index contributed by atoms with van der Waals surface area (Å²) >= 11 is 0. The van der Waals surface area contributed by atoms with Gasteiger partial charge >= 0.3 is 5.97 Å². The van der Waals surface area contributed by atoms with E-state index in [1.807, 2.05) is 6.92 Å². The zero-order valence-electron chi connectivity index (χ0n) is 29.2. The molecule has 0 aliphatic rings. The first-order chi connectivity index (χ1) is 22.9. The van der Waals surface area contributed by atoms with Crippen LogP contribution < -0.4 is 16.0 Å². The van der Waals surface area contributed by atoms with Gasteiger partial charge in [-0.05, 0) is 48.6 Å². The van der Waals surface area contributed by atoms with Crippen LogP contribution in [0.2, 0.25) is 0 Å². The summed E-state index contributed by atoms with van der Waals surface area (Å²) in [6.07, 6.45) is 3.17. The molecular formula is C35H57N3O10. The van der Waals surface area contributed by atoms with Gasteiger partial charge in [-0.15, -0.1) is 0 Å². The fraction of sp³-hybridized carbons (Fsp3) is 0.686. The molecule has 1 atom stereocenters. The average molecular weight is 680 g/mol. The molecule has 0 aliphatic carbocycles. The summed E-state index contributed by atoms with van der Waals surface area (Å²) in [5.41, 5.74) is 2.44. The maximum Gasteiger partial charge on any atom is 0.326 e. The molecule has 3 amide bonds. The smallest absolute Gasteiger partial charge is 0.326 e. The van der Waals surface area contributed by atoms with Gasteiger partial charge in [0.25, 0.3) is 0 Å². The molecule has 0 unspecified atom stereocenters. The Bertz CT molecular complexity index is 1090. The number of ketones is 1. The number of carbonyl (C=O) groups is 5. The number of benzene rings is 1. The summed E-state index contributed by atoms with van der Waals surface area (Å²) in [6, 6.07) is 7.20. The molecule has 48 heavy (non-hydrogen) atoms. The fourth-order valence-electron chi connectivity index (χ4n) is 4.35. The second-order valence-corrected chi connectivity index (χ2v) is 12.5. The van der Waals surface area contributed by atoms with E-state index in [0.717, 1.165) is 18.4 Å². The first kappa shape index (κ1) is 42.6. The highest BCUT2D eigenvalue weighted by Gasteiger charge is 2.21. The summed E-state index contributed by atoms with van der Waals surface area (Å²) in [5.74, 6) is -2.05. The molecule has 1 aromatic rings. The highest BCUT2D eigenvalue weighted by Crippen LogP contribution is 2.22. The molecule has 0 saturated heterocycles. The number of carboxylic acids is 1. The summed E-state index contributed by atoms with van der Waals surface area (Å²) in [7, 11) is 0. The van der Waals surface area contributed by atoms with E-state index in [1.54, 1.807) is 0 Å². The number of Topliss-reactive ketones (excluding diaryl/α,β-unsaturated/α-hetero) is 1. The van der Waals surface area contributed by atoms with Crippen LogP contribution in [0.15, 0.2) is 24.3 Å². The molecule has 0 heterocycles. The molecule has 0 saturated carbocycles. The van der Waals surface area contributed by atoms with Crippen molar-refractivity contribution in [2.45, 2.75) is 90.5 Å². The van der Waals surface area contributed by atoms with E-state index in [1.165, 1.54) is 5.56 Å². The standard InChI is InChI=1S/C35H57N3O10/c1-5-17-36-32(41)25-48-24-22-46-20-18-37-33(42)26-47-23-21-45-19-7-9-29(39)15-16-30(34(43)44)38-31(40)10-6-8-27-11-13-28(14-12-27)35(2,3)4/h11-14,30H,5-10,15-26H2,1-4H3,(H,36,41)(H,37,42)(H,38,40)(H,43,44)/t30-/m0/s1. The predicted octanol–water partition coefficient (Wildman–Crippen LogP) is 2.71. The second kappa shape index (κ2) is 25.6. The number of carbonyl (C=O) groups excluding carboxylic acids is 4. The first-order valence-electron chi connectivity index (χ1n) is 16.9. The largest absolute Gasteiger partial charge is 0.480 e. The van der Waals surface area contributed by atoms with Gasteiger partial charge in [0.15, 0.2) is 0 Å². The zero-order valence-corrected chi connectivity index (χ0v) is 29.2. The maximum absolute atomic E-state index is 12.3. The van der Waals surface area contributed by atoms with Crippen molar-refractivity contribution < 1.29 is 48.0 Å². The predicted molar refractivity (Wildman–Crippen MR) is 181 cm³/mol. The van der Waals surface area contributed by atoms with Crippen LogP contribution in [0.4, 0.5) is 0 Å². The topological polar surface area (TPSA) is 179 Å². The summed E-state index contributed by atoms with van der Waals surface area (Å²) in [4.78, 5) is 59.4. The summed E-state index contributed by atoms with van der Waals surface area (Å²) in [6.45, 7) is 10.9. The van der Waals surface area contributed by atoms with Gasteiger partial charge < -0.3 is 40.0 Å². The van der Waals surface area contributed by atoms with Crippen molar-refractivity contribution in [3.63, 3.8) is 0 Å². The van der Waals surface area contributed by atoms with Gasteiger partial charge in [-0.2, -0.15) is 0 Å². The van der Waals surface area contributed by atoms with E-state index in [-0.39, 0.29) is 87.6 Å². The van der Waals surface area contributed by atoms with Crippen molar-refractivity contribution in [1.82, 2.24) is 16.0 Å². The lowest BCUT2D eigenvalue weighted by molar-refractivity contribution is -0.142. The van der Waals surface area contributed by atoms with E-state index >= 15 is 0 Å². The molecule has 0 spiro atoms. The number of rotatable bonds is 28. The molecule has 0 aromatic heterocycles. The molecule has 0 radical (unpaired) electrons. The van der Waals surface area contributed by atoms with E-state index in [0.29, 0.717) is 45.8 Å². The minimum atomic E-state index is -1.16. The van der Waals surface area contributed by atoms with Gasteiger partial charge in [-0.25, -0.2) is 4.79 Å². The summed E-state index contributed by atoms with van der Waals surface area (Å²) in [5, 5.41) is 17.4. The molecule has 1 rings (SSSR count). The third-order valence-corrected chi connectivity index (χ3v) is 7.13. The number of nitrogens with one attached hydrogen (secondary N) is 3. The molecule has 272 valence electrons. The number of amides is 3. The SMILES string of the molecule is CCCNC(=O)COCCOCCNC(=O)COCCOCCCC(=O)CC[C@H](NC(=O)CCCc1ccc(C(C)(C)C)cc1)C(=O)O. The van der Waals surface area contributed by atoms with Gasteiger partial charge in [-0.3, -0.25) is 19.2 Å². The Morgan fingerprint density at radius 1 is 0.708 bits per heavy atom. The van der Waals surface area contributed by atoms with Crippen LogP contribution in [-0.2, 0) is 54.8 Å². The van der Waals surface area contributed by atoms with E-state index < -0.39 is 12.0 Å². The number of carboxylic acid groups (broad SMARTS) is 1. The van der Waals surface area contributed by atoms with Crippen molar-refractivity contribution >= 4 is 29.5 Å². The van der Waals surface area contributed by atoms with Gasteiger partial charge in [0.2, 0.25) is 17.7 Å². The molecule has 1 aromatic carbocycles. The van der Waals surface area contributed by atoms with Gasteiger partial charge in [-0.1, -0.05) is 52.0 Å². The van der Waals surface area contributed by atoms with E-state index in [2.05, 4.69) is 61.0 Å². The van der Waals surface area contributed by atoms with E-state index in [9.17, 15) is 29.1 Å². The normalized spacial score (nSPS) is 11.9. The van der Waals surface area contributed by atoms with Crippen molar-refractivity contribution in [2.24, 2.45) is 0 Å². The van der Waals surface area contributed by atoms with Crippen LogP contribution in [0.25, 0.3) is 0 Å². The van der Waals surface area contributed by atoms with Gasteiger partial charge in [0.1, 0.15) is 25.0 Å². The molecule has 0 bridgehead atoms. The van der Waals surface area contributed by atoms with Crippen LogP contribution in [-0.4, -0.2) is 107 Å². The lowest BCUT2D eigenvalue weighted by Gasteiger charge is -2.19. The Balaban J connectivity index is 2.03. The van der Waals surface area contributed by atoms with Crippen molar-refractivity contribution in [1.29, 1.82) is 0 Å². The van der Waals surface area contributed by atoms with Crippen molar-refractivity contribution in [3.05, 3.63) is 35.4 Å². The monoisotopic (exact) mass is 679 g/mol. The Hall–Kier alpha value is -3.39. The van der Waals surface area contributed by atoms with Crippen molar-refractivity contribution in [3.8, 4) is 0 Å². The highest BCUT2D eigenvalue weighted by atomic mass is 16.5. The average Bonchev–Trinajstić information content (AvgIpc) is 3.04. The van der Waals surface area contributed by atoms with Crippen LogP contribution in [0.1, 0.15) is 83.8 Å². The number of ether oxygens (including phenoxy) is 4. The molecule has 0 fully saturated rings. The number of aryl methyl sites for hydroxylation is 1. The van der Waals surface area contributed by atoms with Gasteiger partial charge in [0, 0.05) is 39.0 Å². The molecule has 0 aliphatic heterocycles.